The first-order chi connectivity index (χ1) is 10.0. The number of furan rings is 1. The minimum atomic E-state index is 0.631. The molecular weight excluding hydrogens is 264 g/mol. The van der Waals surface area contributed by atoms with Crippen molar-refractivity contribution in [3.05, 3.63) is 41.7 Å². The molecule has 2 heterocycles. The lowest BCUT2D eigenvalue weighted by Crippen LogP contribution is -2.22. The zero-order chi connectivity index (χ0) is 15.2. The van der Waals surface area contributed by atoms with Gasteiger partial charge in [-0.2, -0.15) is 0 Å². The fraction of sp³-hybridized carbons (Fsp3) is 0.500. The summed E-state index contributed by atoms with van der Waals surface area (Å²) in [5, 5.41) is 3.38. The predicted molar refractivity (Wildman–Crippen MR) is 84.1 cm³/mol. The van der Waals surface area contributed by atoms with E-state index in [-0.39, 0.29) is 0 Å². The topological polar surface area (TPSA) is 54.2 Å². The largest absolute Gasteiger partial charge is 0.464 e. The van der Waals surface area contributed by atoms with Gasteiger partial charge in [-0.3, -0.25) is 4.98 Å². The fourth-order valence-electron chi connectivity index (χ4n) is 2.04. The van der Waals surface area contributed by atoms with Crippen LogP contribution in [0.3, 0.4) is 0 Å². The molecule has 0 aliphatic heterocycles. The minimum Gasteiger partial charge on any atom is -0.464 e. The highest BCUT2D eigenvalue weighted by atomic mass is 16.3. The Morgan fingerprint density at radius 2 is 2.10 bits per heavy atom. The van der Waals surface area contributed by atoms with E-state index >= 15 is 0 Å². The van der Waals surface area contributed by atoms with E-state index in [4.69, 9.17) is 4.42 Å². The average molecular weight is 288 g/mol. The molecule has 1 N–H and O–H groups in total. The van der Waals surface area contributed by atoms with Crippen molar-refractivity contribution < 1.29 is 4.42 Å². The number of aryl methyl sites for hydroxylation is 1. The van der Waals surface area contributed by atoms with Gasteiger partial charge in [-0.1, -0.05) is 13.8 Å². The van der Waals surface area contributed by atoms with Crippen molar-refractivity contribution in [1.29, 1.82) is 0 Å². The third-order valence-corrected chi connectivity index (χ3v) is 3.11. The second-order valence-electron chi connectivity index (χ2n) is 5.76. The molecule has 0 radical (unpaired) electrons. The van der Waals surface area contributed by atoms with Crippen LogP contribution in [0, 0.1) is 12.8 Å². The van der Waals surface area contributed by atoms with E-state index in [0.29, 0.717) is 12.5 Å². The molecule has 0 fully saturated rings. The van der Waals surface area contributed by atoms with E-state index in [1.165, 1.54) is 0 Å². The van der Waals surface area contributed by atoms with Gasteiger partial charge >= 0.3 is 0 Å². The summed E-state index contributed by atoms with van der Waals surface area (Å²) in [5.74, 6) is 3.34. The summed E-state index contributed by atoms with van der Waals surface area (Å²) >= 11 is 0. The second kappa shape index (κ2) is 7.22. The highest BCUT2D eigenvalue weighted by Gasteiger charge is 2.08. The van der Waals surface area contributed by atoms with Gasteiger partial charge in [0.2, 0.25) is 0 Å². The molecule has 0 aromatic carbocycles. The maximum atomic E-state index is 5.59. The van der Waals surface area contributed by atoms with Gasteiger partial charge in [-0.15, -0.1) is 0 Å². The van der Waals surface area contributed by atoms with Crippen LogP contribution >= 0.6 is 0 Å². The third kappa shape index (κ3) is 4.86. The highest BCUT2D eigenvalue weighted by molar-refractivity contribution is 5.35. The SMILES string of the molecule is Cc1ccc(CN(C)c2cncc(CNCC(C)C)n2)o1. The molecule has 0 saturated carbocycles. The molecule has 0 aliphatic carbocycles. The Labute approximate surface area is 126 Å². The number of rotatable bonds is 7. The van der Waals surface area contributed by atoms with Gasteiger partial charge < -0.3 is 14.6 Å². The van der Waals surface area contributed by atoms with Crippen molar-refractivity contribution in [3.8, 4) is 0 Å². The zero-order valence-corrected chi connectivity index (χ0v) is 13.3. The molecule has 0 bridgehead atoms. The van der Waals surface area contributed by atoms with Crippen molar-refractivity contribution in [3.63, 3.8) is 0 Å². The molecule has 0 unspecified atom stereocenters. The van der Waals surface area contributed by atoms with Crippen LogP contribution in [-0.4, -0.2) is 23.6 Å². The number of nitrogens with one attached hydrogen (secondary N) is 1. The van der Waals surface area contributed by atoms with Crippen LogP contribution in [0.1, 0.15) is 31.1 Å². The average Bonchev–Trinajstić information content (AvgIpc) is 2.84. The highest BCUT2D eigenvalue weighted by Crippen LogP contribution is 2.14. The molecular formula is C16H24N4O. The van der Waals surface area contributed by atoms with Crippen LogP contribution < -0.4 is 10.2 Å². The first kappa shape index (κ1) is 15.5. The Morgan fingerprint density at radius 1 is 1.29 bits per heavy atom. The summed E-state index contributed by atoms with van der Waals surface area (Å²) < 4.78 is 5.59. The van der Waals surface area contributed by atoms with E-state index in [0.717, 1.165) is 36.1 Å². The lowest BCUT2D eigenvalue weighted by molar-refractivity contribution is 0.481. The Morgan fingerprint density at radius 3 is 2.76 bits per heavy atom. The lowest BCUT2D eigenvalue weighted by Gasteiger charge is -2.17. The molecule has 0 aliphatic rings. The molecule has 2 aromatic heterocycles. The van der Waals surface area contributed by atoms with E-state index in [2.05, 4.69) is 29.1 Å². The van der Waals surface area contributed by atoms with E-state index < -0.39 is 0 Å². The number of nitrogens with zero attached hydrogens (tertiary/aromatic N) is 3. The second-order valence-corrected chi connectivity index (χ2v) is 5.76. The lowest BCUT2D eigenvalue weighted by atomic mass is 10.2. The van der Waals surface area contributed by atoms with Crippen LogP contribution in [0.25, 0.3) is 0 Å². The Kier molecular flexibility index (Phi) is 5.33. The van der Waals surface area contributed by atoms with Crippen molar-refractivity contribution in [1.82, 2.24) is 15.3 Å². The standard InChI is InChI=1S/C16H24N4O/c1-12(2)7-17-8-14-9-18-10-16(19-14)20(4)11-15-6-5-13(3)21-15/h5-6,9-10,12,17H,7-8,11H2,1-4H3. The van der Waals surface area contributed by atoms with Crippen LogP contribution in [0.2, 0.25) is 0 Å². The van der Waals surface area contributed by atoms with Gasteiger partial charge in [-0.25, -0.2) is 4.98 Å². The molecule has 2 rings (SSSR count). The molecule has 0 atom stereocenters. The summed E-state index contributed by atoms with van der Waals surface area (Å²) in [4.78, 5) is 10.9. The zero-order valence-electron chi connectivity index (χ0n) is 13.3. The Hall–Kier alpha value is -1.88. The van der Waals surface area contributed by atoms with Crippen molar-refractivity contribution >= 4 is 5.82 Å². The van der Waals surface area contributed by atoms with Crippen LogP contribution in [0.4, 0.5) is 5.82 Å². The quantitative estimate of drug-likeness (QED) is 0.849. The van der Waals surface area contributed by atoms with Crippen molar-refractivity contribution in [2.24, 2.45) is 5.92 Å². The Bertz CT molecular complexity index is 565. The molecule has 5 nitrogen and oxygen atoms in total. The number of anilines is 1. The minimum absolute atomic E-state index is 0.631. The molecule has 0 spiro atoms. The first-order valence-corrected chi connectivity index (χ1v) is 7.32. The molecule has 0 saturated heterocycles. The molecule has 0 amide bonds. The monoisotopic (exact) mass is 288 g/mol. The van der Waals surface area contributed by atoms with Gasteiger partial charge in [0.25, 0.3) is 0 Å². The number of hydrogen-bond donors (Lipinski definition) is 1. The normalized spacial score (nSPS) is 11.1. The summed E-state index contributed by atoms with van der Waals surface area (Å²) in [6, 6.07) is 3.97. The fourth-order valence-corrected chi connectivity index (χ4v) is 2.04. The summed E-state index contributed by atoms with van der Waals surface area (Å²) in [7, 11) is 1.99. The predicted octanol–water partition coefficient (Wildman–Crippen LogP) is 2.76. The maximum Gasteiger partial charge on any atom is 0.147 e. The summed E-state index contributed by atoms with van der Waals surface area (Å²) in [5.41, 5.74) is 0.954. The van der Waals surface area contributed by atoms with Gasteiger partial charge in [0, 0.05) is 19.8 Å². The first-order valence-electron chi connectivity index (χ1n) is 7.32. The number of aromatic nitrogens is 2. The van der Waals surface area contributed by atoms with E-state index in [1.54, 1.807) is 6.20 Å². The molecule has 2 aromatic rings. The Balaban J connectivity index is 1.95. The van der Waals surface area contributed by atoms with Crippen molar-refractivity contribution in [2.75, 3.05) is 18.5 Å². The van der Waals surface area contributed by atoms with Crippen LogP contribution in [0.15, 0.2) is 28.9 Å². The smallest absolute Gasteiger partial charge is 0.147 e. The van der Waals surface area contributed by atoms with Crippen LogP contribution in [-0.2, 0) is 13.1 Å². The molecule has 5 heteroatoms. The van der Waals surface area contributed by atoms with E-state index in [9.17, 15) is 0 Å². The summed E-state index contributed by atoms with van der Waals surface area (Å²) in [6.07, 6.45) is 3.59. The van der Waals surface area contributed by atoms with E-state index in [1.807, 2.05) is 37.2 Å². The molecule has 114 valence electrons. The van der Waals surface area contributed by atoms with Crippen molar-refractivity contribution in [2.45, 2.75) is 33.9 Å². The van der Waals surface area contributed by atoms with Gasteiger partial charge in [-0.05, 0) is 31.5 Å². The van der Waals surface area contributed by atoms with Gasteiger partial charge in [0.1, 0.15) is 17.3 Å². The van der Waals surface area contributed by atoms with Gasteiger partial charge in [0.15, 0.2) is 0 Å². The third-order valence-electron chi connectivity index (χ3n) is 3.11. The number of hydrogen-bond acceptors (Lipinski definition) is 5. The summed E-state index contributed by atoms with van der Waals surface area (Å²) in [6.45, 7) is 8.73. The van der Waals surface area contributed by atoms with Gasteiger partial charge in [0.05, 0.1) is 18.4 Å². The molecule has 21 heavy (non-hydrogen) atoms. The maximum absolute atomic E-state index is 5.59. The van der Waals surface area contributed by atoms with Crippen LogP contribution in [0.5, 0.6) is 0 Å².